The quantitative estimate of drug-likeness (QED) is 0.679. The van der Waals surface area contributed by atoms with Gasteiger partial charge in [-0.05, 0) is 12.8 Å². The van der Waals surface area contributed by atoms with Crippen LogP contribution in [0, 0.1) is 0 Å². The Kier molecular flexibility index (Phi) is 4.23. The first-order chi connectivity index (χ1) is 10.2. The molecule has 0 radical (unpaired) electrons. The number of rotatable bonds is 4. The minimum Gasteiger partial charge on any atom is -0.395 e. The third-order valence-corrected chi connectivity index (χ3v) is 4.46. The van der Waals surface area contributed by atoms with E-state index in [1.54, 1.807) is 0 Å². The van der Waals surface area contributed by atoms with Crippen LogP contribution in [0.4, 0.5) is 11.8 Å². The van der Waals surface area contributed by atoms with Crippen molar-refractivity contribution < 1.29 is 5.11 Å². The van der Waals surface area contributed by atoms with Crippen LogP contribution in [0.15, 0.2) is 6.07 Å². The number of β-amino-alcohol motifs (C(OH)–C–C–N with tert-alkyl or cyclic N) is 1. The van der Waals surface area contributed by atoms with Gasteiger partial charge in [0.25, 0.3) is 0 Å². The summed E-state index contributed by atoms with van der Waals surface area (Å²) in [6.07, 6.45) is 1.97. The van der Waals surface area contributed by atoms with Crippen LogP contribution < -0.4 is 16.4 Å². The van der Waals surface area contributed by atoms with Gasteiger partial charge in [0, 0.05) is 50.7 Å². The summed E-state index contributed by atoms with van der Waals surface area (Å²) in [5, 5.41) is 8.99. The van der Waals surface area contributed by atoms with E-state index in [9.17, 15) is 0 Å². The zero-order chi connectivity index (χ0) is 14.8. The molecule has 1 aromatic heterocycles. The summed E-state index contributed by atoms with van der Waals surface area (Å²) in [6.45, 7) is 4.64. The molecule has 1 aliphatic heterocycles. The zero-order valence-electron chi connectivity index (χ0n) is 12.3. The van der Waals surface area contributed by atoms with Crippen LogP contribution >= 0.6 is 0 Å². The fraction of sp³-hybridized carbons (Fsp3) is 0.714. The maximum Gasteiger partial charge on any atom is 0.222 e. The SMILES string of the molecule is Nc1nc(C2CC(N)C2)cc(N2CCN(CCO)CC2)n1. The summed E-state index contributed by atoms with van der Waals surface area (Å²) >= 11 is 0. The molecule has 7 nitrogen and oxygen atoms in total. The monoisotopic (exact) mass is 292 g/mol. The molecule has 0 aromatic carbocycles. The lowest BCUT2D eigenvalue weighted by molar-refractivity contribution is 0.188. The Morgan fingerprint density at radius 3 is 2.52 bits per heavy atom. The van der Waals surface area contributed by atoms with Crippen molar-refractivity contribution in [2.45, 2.75) is 24.8 Å². The van der Waals surface area contributed by atoms with Crippen LogP contribution in [0.5, 0.6) is 0 Å². The Labute approximate surface area is 125 Å². The van der Waals surface area contributed by atoms with Crippen molar-refractivity contribution in [1.29, 1.82) is 0 Å². The van der Waals surface area contributed by atoms with Gasteiger partial charge in [0.1, 0.15) is 5.82 Å². The van der Waals surface area contributed by atoms with Gasteiger partial charge in [0.15, 0.2) is 0 Å². The Morgan fingerprint density at radius 1 is 1.19 bits per heavy atom. The van der Waals surface area contributed by atoms with Crippen LogP contribution in [-0.4, -0.2) is 65.3 Å². The number of aliphatic hydroxyl groups is 1. The maximum absolute atomic E-state index is 8.99. The van der Waals surface area contributed by atoms with Crippen LogP contribution in [-0.2, 0) is 0 Å². The molecule has 3 rings (SSSR count). The summed E-state index contributed by atoms with van der Waals surface area (Å²) in [5.74, 6) is 1.70. The molecule has 2 heterocycles. The van der Waals surface area contributed by atoms with Gasteiger partial charge in [-0.15, -0.1) is 0 Å². The number of nitrogens with two attached hydrogens (primary N) is 2. The predicted molar refractivity (Wildman–Crippen MR) is 82.1 cm³/mol. The topological polar surface area (TPSA) is 105 Å². The molecule has 7 heteroatoms. The molecule has 2 fully saturated rings. The van der Waals surface area contributed by atoms with Gasteiger partial charge in [0.05, 0.1) is 12.3 Å². The number of hydrogen-bond donors (Lipinski definition) is 3. The smallest absolute Gasteiger partial charge is 0.222 e. The molecule has 0 bridgehead atoms. The summed E-state index contributed by atoms with van der Waals surface area (Å²) in [7, 11) is 0. The molecule has 0 spiro atoms. The zero-order valence-corrected chi connectivity index (χ0v) is 12.3. The molecular weight excluding hydrogens is 268 g/mol. The van der Waals surface area contributed by atoms with Crippen molar-refractivity contribution in [2.75, 3.05) is 50.0 Å². The number of anilines is 2. The Hall–Kier alpha value is -1.44. The van der Waals surface area contributed by atoms with Crippen molar-refractivity contribution in [1.82, 2.24) is 14.9 Å². The van der Waals surface area contributed by atoms with E-state index >= 15 is 0 Å². The molecule has 0 amide bonds. The first kappa shape index (κ1) is 14.5. The molecule has 1 saturated carbocycles. The molecule has 1 aliphatic carbocycles. The van der Waals surface area contributed by atoms with Gasteiger partial charge >= 0.3 is 0 Å². The largest absolute Gasteiger partial charge is 0.395 e. The number of nitrogens with zero attached hydrogens (tertiary/aromatic N) is 4. The minimum absolute atomic E-state index is 0.215. The lowest BCUT2D eigenvalue weighted by atomic mass is 9.78. The van der Waals surface area contributed by atoms with Gasteiger partial charge in [-0.25, -0.2) is 4.98 Å². The van der Waals surface area contributed by atoms with Gasteiger partial charge in [-0.2, -0.15) is 4.98 Å². The summed E-state index contributed by atoms with van der Waals surface area (Å²) < 4.78 is 0. The molecule has 21 heavy (non-hydrogen) atoms. The summed E-state index contributed by atoms with van der Waals surface area (Å²) in [5.41, 5.74) is 12.8. The number of nitrogen functional groups attached to an aromatic ring is 1. The molecule has 0 unspecified atom stereocenters. The number of piperazine rings is 1. The minimum atomic E-state index is 0.215. The Bertz CT molecular complexity index is 482. The van der Waals surface area contributed by atoms with E-state index < -0.39 is 0 Å². The van der Waals surface area contributed by atoms with Crippen LogP contribution in [0.1, 0.15) is 24.5 Å². The average Bonchev–Trinajstić information content (AvgIpc) is 2.44. The summed E-state index contributed by atoms with van der Waals surface area (Å²) in [6, 6.07) is 2.37. The van der Waals surface area contributed by atoms with E-state index in [0.717, 1.165) is 57.1 Å². The molecule has 2 aliphatic rings. The van der Waals surface area contributed by atoms with Gasteiger partial charge in [0.2, 0.25) is 5.95 Å². The fourth-order valence-electron chi connectivity index (χ4n) is 3.09. The maximum atomic E-state index is 8.99. The number of aliphatic hydroxyl groups excluding tert-OH is 1. The van der Waals surface area contributed by atoms with Crippen LogP contribution in [0.25, 0.3) is 0 Å². The van der Waals surface area contributed by atoms with Gasteiger partial charge in [-0.3, -0.25) is 4.90 Å². The average molecular weight is 292 g/mol. The fourth-order valence-corrected chi connectivity index (χ4v) is 3.09. The molecular formula is C14H24N6O. The molecule has 0 atom stereocenters. The van der Waals surface area contributed by atoms with Crippen molar-refractivity contribution in [3.8, 4) is 0 Å². The van der Waals surface area contributed by atoms with Gasteiger partial charge < -0.3 is 21.5 Å². The molecule has 116 valence electrons. The van der Waals surface area contributed by atoms with E-state index in [1.807, 2.05) is 0 Å². The highest BCUT2D eigenvalue weighted by Gasteiger charge is 2.29. The Morgan fingerprint density at radius 2 is 1.90 bits per heavy atom. The first-order valence-corrected chi connectivity index (χ1v) is 7.64. The van der Waals surface area contributed by atoms with Crippen LogP contribution in [0.2, 0.25) is 0 Å². The second kappa shape index (κ2) is 6.13. The van der Waals surface area contributed by atoms with Crippen LogP contribution in [0.3, 0.4) is 0 Å². The second-order valence-corrected chi connectivity index (χ2v) is 5.99. The highest BCUT2D eigenvalue weighted by Crippen LogP contribution is 2.35. The Balaban J connectivity index is 1.68. The third-order valence-electron chi connectivity index (χ3n) is 4.46. The third kappa shape index (κ3) is 3.25. The van der Waals surface area contributed by atoms with Crippen molar-refractivity contribution in [2.24, 2.45) is 5.73 Å². The van der Waals surface area contributed by atoms with Crippen molar-refractivity contribution in [3.63, 3.8) is 0 Å². The van der Waals surface area contributed by atoms with E-state index in [-0.39, 0.29) is 6.61 Å². The number of aromatic nitrogens is 2. The molecule has 1 saturated heterocycles. The lowest BCUT2D eigenvalue weighted by Crippen LogP contribution is -2.47. The van der Waals surface area contributed by atoms with E-state index in [4.69, 9.17) is 16.6 Å². The lowest BCUT2D eigenvalue weighted by Gasteiger charge is -2.36. The van der Waals surface area contributed by atoms with E-state index in [1.165, 1.54) is 0 Å². The normalized spacial score (nSPS) is 26.7. The first-order valence-electron chi connectivity index (χ1n) is 7.64. The second-order valence-electron chi connectivity index (χ2n) is 5.99. The molecule has 5 N–H and O–H groups in total. The number of hydrogen-bond acceptors (Lipinski definition) is 7. The predicted octanol–water partition coefficient (Wildman–Crippen LogP) is -0.622. The highest BCUT2D eigenvalue weighted by atomic mass is 16.3. The van der Waals surface area contributed by atoms with E-state index in [0.29, 0.717) is 17.9 Å². The van der Waals surface area contributed by atoms with Gasteiger partial charge in [-0.1, -0.05) is 0 Å². The summed E-state index contributed by atoms with van der Waals surface area (Å²) in [4.78, 5) is 13.3. The van der Waals surface area contributed by atoms with E-state index in [2.05, 4.69) is 25.8 Å². The standard InChI is InChI=1S/C14H24N6O/c15-11-7-10(8-11)12-9-13(18-14(16)17-12)20-3-1-19(2-4-20)5-6-21/h9-11,21H,1-8,15H2,(H2,16,17,18). The molecule has 1 aromatic rings. The van der Waals surface area contributed by atoms with Crippen molar-refractivity contribution >= 4 is 11.8 Å². The highest BCUT2D eigenvalue weighted by molar-refractivity contribution is 5.45. The van der Waals surface area contributed by atoms with Crippen molar-refractivity contribution in [3.05, 3.63) is 11.8 Å².